The van der Waals surface area contributed by atoms with Crippen molar-refractivity contribution in [2.75, 3.05) is 32.3 Å². The number of carbonyl (C=O) groups is 2. The Morgan fingerprint density at radius 3 is 2.50 bits per heavy atom. The van der Waals surface area contributed by atoms with Crippen molar-refractivity contribution in [3.05, 3.63) is 52.3 Å². The second kappa shape index (κ2) is 10.1. The normalized spacial score (nSPS) is 17.4. The highest BCUT2D eigenvalue weighted by molar-refractivity contribution is 6.31. The van der Waals surface area contributed by atoms with E-state index < -0.39 is 11.9 Å². The minimum atomic E-state index is -0.585. The summed E-state index contributed by atoms with van der Waals surface area (Å²) in [6, 6.07) is 7.21. The minimum absolute atomic E-state index is 0.106. The molecule has 0 spiro atoms. The number of carbonyl (C=O) groups excluding carboxylic acids is 2. The van der Waals surface area contributed by atoms with Crippen LogP contribution < -0.4 is 19.7 Å². The van der Waals surface area contributed by atoms with Gasteiger partial charge in [0, 0.05) is 30.1 Å². The van der Waals surface area contributed by atoms with E-state index in [2.05, 4.69) is 5.32 Å². The molecule has 3 rings (SSSR count). The van der Waals surface area contributed by atoms with Crippen molar-refractivity contribution < 1.29 is 28.2 Å². The zero-order valence-electron chi connectivity index (χ0n) is 18.4. The van der Waals surface area contributed by atoms with Crippen LogP contribution in [-0.2, 0) is 4.74 Å². The Labute approximate surface area is 191 Å². The largest absolute Gasteiger partial charge is 0.493 e. The van der Waals surface area contributed by atoms with Crippen LogP contribution in [0.4, 0.5) is 14.9 Å². The number of fused-ring (bicyclic) bond motifs is 1. The van der Waals surface area contributed by atoms with Crippen molar-refractivity contribution >= 4 is 29.3 Å². The second-order valence-electron chi connectivity index (χ2n) is 7.46. The van der Waals surface area contributed by atoms with Gasteiger partial charge < -0.3 is 19.5 Å². The van der Waals surface area contributed by atoms with Crippen LogP contribution in [0.15, 0.2) is 30.3 Å². The number of hydrogen-bond acceptors (Lipinski definition) is 5. The highest BCUT2D eigenvalue weighted by Gasteiger charge is 2.36. The monoisotopic (exact) mass is 464 g/mol. The first-order valence-electron chi connectivity index (χ1n) is 10.3. The Hall–Kier alpha value is -3.00. The van der Waals surface area contributed by atoms with Gasteiger partial charge in [-0.3, -0.25) is 9.69 Å². The summed E-state index contributed by atoms with van der Waals surface area (Å²) in [4.78, 5) is 26.9. The fourth-order valence-corrected chi connectivity index (χ4v) is 4.10. The maximum Gasteiger partial charge on any atom is 0.414 e. The molecule has 1 N–H and O–H groups in total. The van der Waals surface area contributed by atoms with Gasteiger partial charge in [-0.2, -0.15) is 0 Å². The molecule has 2 atom stereocenters. The Balaban J connectivity index is 1.91. The van der Waals surface area contributed by atoms with Gasteiger partial charge >= 0.3 is 6.09 Å². The lowest BCUT2D eigenvalue weighted by Gasteiger charge is -2.39. The molecule has 32 heavy (non-hydrogen) atoms. The zero-order valence-corrected chi connectivity index (χ0v) is 19.2. The van der Waals surface area contributed by atoms with E-state index in [1.54, 1.807) is 17.9 Å². The quantitative estimate of drug-likeness (QED) is 0.666. The van der Waals surface area contributed by atoms with Gasteiger partial charge in [0.2, 0.25) is 0 Å². The third-order valence-corrected chi connectivity index (χ3v) is 5.74. The number of hydrogen-bond donors (Lipinski definition) is 1. The Morgan fingerprint density at radius 1 is 1.19 bits per heavy atom. The Morgan fingerprint density at radius 2 is 1.88 bits per heavy atom. The number of rotatable bonds is 6. The Kier molecular flexibility index (Phi) is 7.45. The number of benzene rings is 2. The average Bonchev–Trinajstić information content (AvgIpc) is 2.78. The molecule has 0 saturated heterocycles. The van der Waals surface area contributed by atoms with Crippen molar-refractivity contribution in [2.45, 2.75) is 32.2 Å². The van der Waals surface area contributed by atoms with Crippen molar-refractivity contribution in [2.24, 2.45) is 0 Å². The highest BCUT2D eigenvalue weighted by Crippen LogP contribution is 2.44. The smallest absolute Gasteiger partial charge is 0.414 e. The fraction of sp³-hybridized carbons (Fsp3) is 0.391. The van der Waals surface area contributed by atoms with E-state index in [1.165, 1.54) is 26.4 Å². The number of methoxy groups -OCH3 is 2. The highest BCUT2D eigenvalue weighted by atomic mass is 35.5. The molecule has 2 aromatic rings. The lowest BCUT2D eigenvalue weighted by Crippen LogP contribution is -2.45. The SMILES string of the molecule is CCOC(=O)N1c2cc(OC)c(OC)cc2C(CNC(=O)c2ccc(F)c(Cl)c2)CC1C. The van der Waals surface area contributed by atoms with Crippen molar-refractivity contribution in [3.8, 4) is 11.5 Å². The molecular weight excluding hydrogens is 439 g/mol. The van der Waals surface area contributed by atoms with E-state index in [0.717, 1.165) is 11.6 Å². The summed E-state index contributed by atoms with van der Waals surface area (Å²) in [6.07, 6.45) is 0.142. The van der Waals surface area contributed by atoms with Crippen LogP contribution in [0.5, 0.6) is 11.5 Å². The molecule has 172 valence electrons. The first-order chi connectivity index (χ1) is 15.3. The van der Waals surface area contributed by atoms with E-state index >= 15 is 0 Å². The topological polar surface area (TPSA) is 77.1 Å². The zero-order chi connectivity index (χ0) is 23.4. The minimum Gasteiger partial charge on any atom is -0.493 e. The van der Waals surface area contributed by atoms with Crippen LogP contribution in [0.25, 0.3) is 0 Å². The van der Waals surface area contributed by atoms with E-state index in [1.807, 2.05) is 13.0 Å². The third-order valence-electron chi connectivity index (χ3n) is 5.45. The summed E-state index contributed by atoms with van der Waals surface area (Å²) < 4.78 is 29.5. The summed E-state index contributed by atoms with van der Waals surface area (Å²) in [5, 5.41) is 2.77. The number of ether oxygens (including phenoxy) is 3. The molecule has 0 saturated carbocycles. The van der Waals surface area contributed by atoms with Gasteiger partial charge in [0.15, 0.2) is 11.5 Å². The van der Waals surface area contributed by atoms with E-state index in [4.69, 9.17) is 25.8 Å². The van der Waals surface area contributed by atoms with E-state index in [-0.39, 0.29) is 35.1 Å². The van der Waals surface area contributed by atoms with Crippen molar-refractivity contribution in [3.63, 3.8) is 0 Å². The molecule has 1 heterocycles. The molecule has 0 aliphatic carbocycles. The van der Waals surface area contributed by atoms with Crippen LogP contribution in [0, 0.1) is 5.82 Å². The number of nitrogens with one attached hydrogen (secondary N) is 1. The van der Waals surface area contributed by atoms with Crippen LogP contribution in [0.1, 0.15) is 42.1 Å². The molecular formula is C23H26ClFN2O5. The first-order valence-corrected chi connectivity index (χ1v) is 10.6. The third kappa shape index (κ3) is 4.75. The van der Waals surface area contributed by atoms with E-state index in [9.17, 15) is 14.0 Å². The van der Waals surface area contributed by atoms with Gasteiger partial charge in [-0.15, -0.1) is 0 Å². The lowest BCUT2D eigenvalue weighted by atomic mass is 9.85. The van der Waals surface area contributed by atoms with Crippen LogP contribution in [0.3, 0.4) is 0 Å². The van der Waals surface area contributed by atoms with Gasteiger partial charge in [-0.25, -0.2) is 9.18 Å². The molecule has 2 amide bonds. The summed E-state index contributed by atoms with van der Waals surface area (Å²) in [7, 11) is 3.06. The predicted octanol–water partition coefficient (Wildman–Crippen LogP) is 4.77. The standard InChI is InChI=1S/C23H26ClFN2O5/c1-5-32-23(29)27-13(2)8-15(16-10-20(30-3)21(31-4)11-19(16)27)12-26-22(28)14-6-7-18(25)17(24)9-14/h6-7,9-11,13,15H,5,8,12H2,1-4H3,(H,26,28). The number of nitrogens with zero attached hydrogens (tertiary/aromatic N) is 1. The first kappa shape index (κ1) is 23.7. The summed E-state index contributed by atoms with van der Waals surface area (Å²) >= 11 is 5.80. The second-order valence-corrected chi connectivity index (χ2v) is 7.86. The number of amides is 2. The van der Waals surface area contributed by atoms with Gasteiger partial charge in [-0.1, -0.05) is 11.6 Å². The van der Waals surface area contributed by atoms with Gasteiger partial charge in [0.1, 0.15) is 5.82 Å². The molecule has 1 aliphatic heterocycles. The fourth-order valence-electron chi connectivity index (χ4n) is 3.92. The number of anilines is 1. The molecule has 0 aromatic heterocycles. The molecule has 2 aromatic carbocycles. The van der Waals surface area contributed by atoms with Gasteiger partial charge in [0.05, 0.1) is 31.5 Å². The van der Waals surface area contributed by atoms with Gasteiger partial charge in [-0.05, 0) is 50.1 Å². The Bertz CT molecular complexity index is 1020. The predicted molar refractivity (Wildman–Crippen MR) is 120 cm³/mol. The molecule has 9 heteroatoms. The summed E-state index contributed by atoms with van der Waals surface area (Å²) in [5.74, 6) is -0.0530. The molecule has 2 unspecified atom stereocenters. The van der Waals surface area contributed by atoms with E-state index in [0.29, 0.717) is 30.2 Å². The maximum absolute atomic E-state index is 13.4. The maximum atomic E-state index is 13.4. The molecule has 0 radical (unpaired) electrons. The van der Waals surface area contributed by atoms with Crippen molar-refractivity contribution in [1.29, 1.82) is 0 Å². The summed E-state index contributed by atoms with van der Waals surface area (Å²) in [5.41, 5.74) is 1.73. The number of halogens is 2. The van der Waals surface area contributed by atoms with Crippen molar-refractivity contribution in [1.82, 2.24) is 5.32 Å². The van der Waals surface area contributed by atoms with Crippen LogP contribution in [-0.4, -0.2) is 45.4 Å². The molecule has 7 nitrogen and oxygen atoms in total. The lowest BCUT2D eigenvalue weighted by molar-refractivity contribution is 0.0949. The average molecular weight is 465 g/mol. The van der Waals surface area contributed by atoms with Crippen LogP contribution >= 0.6 is 11.6 Å². The summed E-state index contributed by atoms with van der Waals surface area (Å²) in [6.45, 7) is 4.23. The molecule has 1 aliphatic rings. The molecule has 0 bridgehead atoms. The molecule has 0 fully saturated rings. The van der Waals surface area contributed by atoms with Crippen LogP contribution in [0.2, 0.25) is 5.02 Å². The van der Waals surface area contributed by atoms with Gasteiger partial charge in [0.25, 0.3) is 5.91 Å².